The van der Waals surface area contributed by atoms with E-state index in [-0.39, 0.29) is 6.54 Å². The van der Waals surface area contributed by atoms with Crippen molar-refractivity contribution < 1.29 is 18.3 Å². The van der Waals surface area contributed by atoms with Gasteiger partial charge in [0.05, 0.1) is 0 Å². The van der Waals surface area contributed by atoms with Gasteiger partial charge in [0.2, 0.25) is 5.60 Å². The Morgan fingerprint density at radius 3 is 2.52 bits per heavy atom. The lowest BCUT2D eigenvalue weighted by Gasteiger charge is -2.30. The van der Waals surface area contributed by atoms with E-state index in [1.807, 2.05) is 37.3 Å². The number of halogens is 3. The molecule has 0 bridgehead atoms. The number of hydrogen-bond acceptors (Lipinski definition) is 3. The molecule has 0 aliphatic carbocycles. The van der Waals surface area contributed by atoms with Gasteiger partial charge >= 0.3 is 6.18 Å². The summed E-state index contributed by atoms with van der Waals surface area (Å²) in [5.41, 5.74) is -1.82. The Morgan fingerprint density at radius 2 is 1.93 bits per heavy atom. The first-order chi connectivity index (χ1) is 13.8. The van der Waals surface area contributed by atoms with Crippen molar-refractivity contribution in [3.05, 3.63) is 54.1 Å². The molecular weight excluding hydrogens is 383 g/mol. The number of imidazole rings is 1. The monoisotopic (exact) mass is 411 g/mol. The third kappa shape index (κ3) is 6.22. The number of aliphatic hydroxyl groups is 1. The summed E-state index contributed by atoms with van der Waals surface area (Å²) in [7, 11) is 1.42. The van der Waals surface area contributed by atoms with Crippen LogP contribution in [0.3, 0.4) is 0 Å². The summed E-state index contributed by atoms with van der Waals surface area (Å²) >= 11 is 0. The first kappa shape index (κ1) is 22.7. The molecule has 1 atom stereocenters. The Hall–Kier alpha value is -2.55. The molecule has 0 saturated carbocycles. The van der Waals surface area contributed by atoms with E-state index in [4.69, 9.17) is 0 Å². The molecular formula is C20H28F3N5O. The van der Waals surface area contributed by atoms with Crippen LogP contribution < -0.4 is 10.6 Å². The highest BCUT2D eigenvalue weighted by molar-refractivity contribution is 5.79. The summed E-state index contributed by atoms with van der Waals surface area (Å²) in [4.78, 5) is 8.10. The van der Waals surface area contributed by atoms with E-state index in [2.05, 4.69) is 20.6 Å². The van der Waals surface area contributed by atoms with Crippen molar-refractivity contribution in [2.45, 2.75) is 38.0 Å². The Bertz CT molecular complexity index is 776. The summed E-state index contributed by atoms with van der Waals surface area (Å²) in [6.45, 7) is 2.87. The van der Waals surface area contributed by atoms with E-state index in [1.54, 1.807) is 0 Å². The fourth-order valence-corrected chi connectivity index (χ4v) is 2.97. The van der Waals surface area contributed by atoms with Crippen molar-refractivity contribution in [3.8, 4) is 0 Å². The zero-order valence-corrected chi connectivity index (χ0v) is 16.7. The number of aryl methyl sites for hydroxylation is 2. The minimum absolute atomic E-state index is 0.118. The van der Waals surface area contributed by atoms with Gasteiger partial charge in [0.15, 0.2) is 5.96 Å². The number of benzene rings is 1. The lowest BCUT2D eigenvalue weighted by molar-refractivity contribution is -0.272. The number of nitrogens with zero attached hydrogens (tertiary/aromatic N) is 3. The average molecular weight is 411 g/mol. The second-order valence-electron chi connectivity index (χ2n) is 6.75. The maximum atomic E-state index is 13.6. The van der Waals surface area contributed by atoms with E-state index in [9.17, 15) is 18.3 Å². The lowest BCUT2D eigenvalue weighted by atomic mass is 9.97. The van der Waals surface area contributed by atoms with Crippen LogP contribution >= 0.6 is 0 Å². The molecule has 3 N–H and O–H groups in total. The molecule has 0 radical (unpaired) electrons. The van der Waals surface area contributed by atoms with Crippen LogP contribution in [0.2, 0.25) is 0 Å². The van der Waals surface area contributed by atoms with Crippen LogP contribution in [0.25, 0.3) is 0 Å². The predicted molar refractivity (Wildman–Crippen MR) is 107 cm³/mol. The van der Waals surface area contributed by atoms with Crippen LogP contribution in [-0.4, -0.2) is 46.4 Å². The number of guanidine groups is 1. The summed E-state index contributed by atoms with van der Waals surface area (Å²) in [6.07, 6.45) is -1.14. The van der Waals surface area contributed by atoms with Crippen molar-refractivity contribution in [2.24, 2.45) is 12.0 Å². The van der Waals surface area contributed by atoms with E-state index >= 15 is 0 Å². The average Bonchev–Trinajstić information content (AvgIpc) is 3.11. The van der Waals surface area contributed by atoms with Crippen molar-refractivity contribution in [1.82, 2.24) is 20.2 Å². The van der Waals surface area contributed by atoms with Gasteiger partial charge in [-0.1, -0.05) is 30.3 Å². The van der Waals surface area contributed by atoms with E-state index in [1.165, 1.54) is 29.6 Å². The number of alkyl halides is 3. The molecule has 0 spiro atoms. The highest BCUT2D eigenvalue weighted by Crippen LogP contribution is 2.40. The smallest absolute Gasteiger partial charge is 0.374 e. The van der Waals surface area contributed by atoms with Crippen LogP contribution in [-0.2, 0) is 19.1 Å². The fraction of sp³-hybridized carbons (Fsp3) is 0.500. The summed E-state index contributed by atoms with van der Waals surface area (Å²) in [6, 6.07) is 10.0. The Balaban J connectivity index is 1.93. The maximum absolute atomic E-state index is 13.6. The second-order valence-corrected chi connectivity index (χ2v) is 6.75. The van der Waals surface area contributed by atoms with Gasteiger partial charge in [-0.15, -0.1) is 0 Å². The SMILES string of the molecule is CCNC(=NCCCc1ccccc1)NCCC(O)(c1nccn1C)C(F)(F)F. The van der Waals surface area contributed by atoms with Gasteiger partial charge in [-0.3, -0.25) is 4.99 Å². The number of aliphatic imine (C=N–C) groups is 1. The molecule has 0 aliphatic rings. The molecule has 160 valence electrons. The molecule has 9 heteroatoms. The van der Waals surface area contributed by atoms with E-state index < -0.39 is 24.0 Å². The van der Waals surface area contributed by atoms with Crippen LogP contribution in [0, 0.1) is 0 Å². The first-order valence-electron chi connectivity index (χ1n) is 9.61. The molecule has 0 fully saturated rings. The Morgan fingerprint density at radius 1 is 1.21 bits per heavy atom. The van der Waals surface area contributed by atoms with Gasteiger partial charge in [-0.25, -0.2) is 4.98 Å². The van der Waals surface area contributed by atoms with Crippen LogP contribution in [0.4, 0.5) is 13.2 Å². The molecule has 29 heavy (non-hydrogen) atoms. The van der Waals surface area contributed by atoms with Gasteiger partial charge in [-0.05, 0) is 25.3 Å². The molecule has 2 aromatic rings. The van der Waals surface area contributed by atoms with Gasteiger partial charge in [0.25, 0.3) is 0 Å². The van der Waals surface area contributed by atoms with Gasteiger partial charge in [-0.2, -0.15) is 13.2 Å². The Labute approximate surface area is 168 Å². The number of rotatable bonds is 9. The van der Waals surface area contributed by atoms with E-state index in [0.29, 0.717) is 19.0 Å². The first-order valence-corrected chi connectivity index (χ1v) is 9.61. The second kappa shape index (κ2) is 10.3. The molecule has 0 aliphatic heterocycles. The molecule has 1 aromatic heterocycles. The quantitative estimate of drug-likeness (QED) is 0.337. The largest absolute Gasteiger partial charge is 0.424 e. The van der Waals surface area contributed by atoms with Crippen LogP contribution in [0.5, 0.6) is 0 Å². The number of aromatic nitrogens is 2. The van der Waals surface area contributed by atoms with Crippen molar-refractivity contribution in [2.75, 3.05) is 19.6 Å². The number of hydrogen-bond donors (Lipinski definition) is 3. The van der Waals surface area contributed by atoms with Gasteiger partial charge < -0.3 is 20.3 Å². The highest BCUT2D eigenvalue weighted by atomic mass is 19.4. The summed E-state index contributed by atoms with van der Waals surface area (Å²) < 4.78 is 41.8. The Kier molecular flexibility index (Phi) is 8.07. The van der Waals surface area contributed by atoms with Crippen molar-refractivity contribution in [3.63, 3.8) is 0 Å². The normalized spacial score (nSPS) is 14.5. The maximum Gasteiger partial charge on any atom is 0.424 e. The molecule has 2 rings (SSSR count). The molecule has 1 heterocycles. The molecule has 1 unspecified atom stereocenters. The van der Waals surface area contributed by atoms with Gasteiger partial charge in [0, 0.05) is 45.5 Å². The number of nitrogens with one attached hydrogen (secondary N) is 2. The van der Waals surface area contributed by atoms with Crippen LogP contribution in [0.15, 0.2) is 47.7 Å². The third-order valence-corrected chi connectivity index (χ3v) is 4.52. The molecule has 6 nitrogen and oxygen atoms in total. The minimum atomic E-state index is -4.85. The summed E-state index contributed by atoms with van der Waals surface area (Å²) in [5.74, 6) is -0.0125. The minimum Gasteiger partial charge on any atom is -0.374 e. The van der Waals surface area contributed by atoms with Crippen LogP contribution in [0.1, 0.15) is 31.2 Å². The fourth-order valence-electron chi connectivity index (χ4n) is 2.97. The van der Waals surface area contributed by atoms with Crippen molar-refractivity contribution in [1.29, 1.82) is 0 Å². The predicted octanol–water partition coefficient (Wildman–Crippen LogP) is 2.75. The standard InChI is InChI=1S/C20H28F3N5O/c1-3-24-18(26-12-7-10-16-8-5-4-6-9-16)27-13-11-19(29,20(21,22)23)17-25-14-15-28(17)2/h4-6,8-9,14-15,29H,3,7,10-13H2,1-2H3,(H2,24,26,27). The zero-order chi connectivity index (χ0) is 21.3. The van der Waals surface area contributed by atoms with Gasteiger partial charge in [0.1, 0.15) is 5.82 Å². The molecule has 0 saturated heterocycles. The van der Waals surface area contributed by atoms with E-state index in [0.717, 1.165) is 12.8 Å². The topological polar surface area (TPSA) is 74.5 Å². The third-order valence-electron chi connectivity index (χ3n) is 4.52. The lowest BCUT2D eigenvalue weighted by Crippen LogP contribution is -2.48. The summed E-state index contributed by atoms with van der Waals surface area (Å²) in [5, 5.41) is 16.2. The molecule has 0 amide bonds. The van der Waals surface area contributed by atoms with Crippen molar-refractivity contribution >= 4 is 5.96 Å². The molecule has 1 aromatic carbocycles. The zero-order valence-electron chi connectivity index (χ0n) is 16.7. The highest BCUT2D eigenvalue weighted by Gasteiger charge is 2.57.